The molecule has 0 spiro atoms. The van der Waals surface area contributed by atoms with Crippen LogP contribution in [0.25, 0.3) is 0 Å². The third kappa shape index (κ3) is 4.18. The number of nitrogen functional groups attached to an aromatic ring is 1. The number of rotatable bonds is 3. The first-order valence-electron chi connectivity index (χ1n) is 5.59. The topological polar surface area (TPSA) is 73.6 Å². The van der Waals surface area contributed by atoms with Crippen molar-refractivity contribution >= 4 is 24.0 Å². The number of halogens is 1. The van der Waals surface area contributed by atoms with Crippen molar-refractivity contribution in [1.29, 1.82) is 0 Å². The van der Waals surface area contributed by atoms with Gasteiger partial charge < -0.3 is 20.5 Å². The predicted octanol–water partition coefficient (Wildman–Crippen LogP) is 0.836. The molecule has 1 heterocycles. The van der Waals surface area contributed by atoms with Gasteiger partial charge in [-0.3, -0.25) is 4.79 Å². The smallest absolute Gasteiger partial charge is 0.251 e. The summed E-state index contributed by atoms with van der Waals surface area (Å²) in [7, 11) is 0. The number of carbonyl (C=O) groups excluding carboxylic acids is 1. The average molecular weight is 273 g/mol. The number of hydrogen-bond donors (Lipinski definition) is 2. The fraction of sp³-hybridized carbons (Fsp3) is 0.417. The molecule has 1 amide bonds. The Labute approximate surface area is 112 Å². The first-order chi connectivity index (χ1) is 8.25. The first kappa shape index (κ1) is 14.8. The van der Waals surface area contributed by atoms with E-state index >= 15 is 0 Å². The number of anilines is 1. The number of hydrogen-bond acceptors (Lipinski definition) is 4. The molecular weight excluding hydrogens is 256 g/mol. The molecule has 3 N–H and O–H groups in total. The van der Waals surface area contributed by atoms with Crippen LogP contribution in [0, 0.1) is 0 Å². The highest BCUT2D eigenvalue weighted by Crippen LogP contribution is 2.06. The molecule has 1 atom stereocenters. The van der Waals surface area contributed by atoms with Crippen LogP contribution >= 0.6 is 12.4 Å². The summed E-state index contributed by atoms with van der Waals surface area (Å²) in [4.78, 5) is 11.8. The Kier molecular flexibility index (Phi) is 5.91. The van der Waals surface area contributed by atoms with E-state index in [1.165, 1.54) is 0 Å². The summed E-state index contributed by atoms with van der Waals surface area (Å²) >= 11 is 0. The summed E-state index contributed by atoms with van der Waals surface area (Å²) in [6.45, 7) is 2.18. The molecule has 1 aromatic carbocycles. The van der Waals surface area contributed by atoms with E-state index in [-0.39, 0.29) is 24.4 Å². The number of benzene rings is 1. The Hall–Kier alpha value is -1.30. The quantitative estimate of drug-likeness (QED) is 0.800. The third-order valence-corrected chi connectivity index (χ3v) is 2.52. The van der Waals surface area contributed by atoms with Crippen molar-refractivity contribution in [2.75, 3.05) is 32.1 Å². The minimum Gasteiger partial charge on any atom is -0.399 e. The molecule has 100 valence electrons. The highest BCUT2D eigenvalue weighted by molar-refractivity contribution is 5.94. The zero-order valence-corrected chi connectivity index (χ0v) is 10.7. The van der Waals surface area contributed by atoms with Gasteiger partial charge in [-0.1, -0.05) is 6.07 Å². The molecule has 0 radical (unpaired) electrons. The molecule has 2 rings (SSSR count). The van der Waals surface area contributed by atoms with Crippen LogP contribution in [0.4, 0.5) is 5.69 Å². The molecule has 1 unspecified atom stereocenters. The number of amides is 1. The third-order valence-electron chi connectivity index (χ3n) is 2.52. The van der Waals surface area contributed by atoms with Gasteiger partial charge in [0.25, 0.3) is 5.91 Å². The van der Waals surface area contributed by atoms with E-state index < -0.39 is 0 Å². The predicted molar refractivity (Wildman–Crippen MR) is 71.0 cm³/mol. The number of nitrogens with two attached hydrogens (primary N) is 1. The second kappa shape index (κ2) is 7.20. The van der Waals surface area contributed by atoms with Gasteiger partial charge in [0.1, 0.15) is 0 Å². The van der Waals surface area contributed by atoms with Crippen LogP contribution in [0.2, 0.25) is 0 Å². The van der Waals surface area contributed by atoms with Crippen molar-refractivity contribution in [1.82, 2.24) is 5.32 Å². The Bertz CT molecular complexity index is 395. The van der Waals surface area contributed by atoms with Gasteiger partial charge >= 0.3 is 0 Å². The van der Waals surface area contributed by atoms with E-state index in [1.807, 2.05) is 0 Å². The van der Waals surface area contributed by atoms with Crippen molar-refractivity contribution in [3.8, 4) is 0 Å². The summed E-state index contributed by atoms with van der Waals surface area (Å²) in [6.07, 6.45) is -0.0613. The maximum absolute atomic E-state index is 11.8. The van der Waals surface area contributed by atoms with Gasteiger partial charge in [0.2, 0.25) is 0 Å². The number of nitrogens with one attached hydrogen (secondary N) is 1. The summed E-state index contributed by atoms with van der Waals surface area (Å²) in [5.41, 5.74) is 6.75. The molecule has 0 saturated carbocycles. The molecule has 0 aliphatic carbocycles. The summed E-state index contributed by atoms with van der Waals surface area (Å²) in [5, 5.41) is 2.80. The van der Waals surface area contributed by atoms with E-state index in [1.54, 1.807) is 24.3 Å². The van der Waals surface area contributed by atoms with Gasteiger partial charge in [-0.2, -0.15) is 0 Å². The number of carbonyl (C=O) groups is 1. The molecule has 1 aliphatic rings. The van der Waals surface area contributed by atoms with Crippen molar-refractivity contribution in [3.63, 3.8) is 0 Å². The zero-order chi connectivity index (χ0) is 12.1. The molecule has 0 aromatic heterocycles. The molecule has 1 aliphatic heterocycles. The molecular formula is C12H17ClN2O3. The monoisotopic (exact) mass is 272 g/mol. The Morgan fingerprint density at radius 2 is 2.28 bits per heavy atom. The maximum Gasteiger partial charge on any atom is 0.251 e. The lowest BCUT2D eigenvalue weighted by atomic mass is 10.2. The lowest BCUT2D eigenvalue weighted by molar-refractivity contribution is -0.0855. The Morgan fingerprint density at radius 1 is 1.44 bits per heavy atom. The molecule has 1 saturated heterocycles. The fourth-order valence-corrected chi connectivity index (χ4v) is 1.64. The van der Waals surface area contributed by atoms with Crippen molar-refractivity contribution < 1.29 is 14.3 Å². The van der Waals surface area contributed by atoms with Gasteiger partial charge in [0.15, 0.2) is 0 Å². The maximum atomic E-state index is 11.8. The van der Waals surface area contributed by atoms with Gasteiger partial charge in [0, 0.05) is 17.8 Å². The molecule has 18 heavy (non-hydrogen) atoms. The van der Waals surface area contributed by atoms with Crippen molar-refractivity contribution in [3.05, 3.63) is 29.8 Å². The minimum absolute atomic E-state index is 0. The molecule has 1 aromatic rings. The minimum atomic E-state index is -0.147. The zero-order valence-electron chi connectivity index (χ0n) is 9.93. The Morgan fingerprint density at radius 3 is 2.94 bits per heavy atom. The highest BCUT2D eigenvalue weighted by atomic mass is 35.5. The summed E-state index contributed by atoms with van der Waals surface area (Å²) in [6, 6.07) is 6.87. The van der Waals surface area contributed by atoms with Crippen LogP contribution in [0.1, 0.15) is 10.4 Å². The van der Waals surface area contributed by atoms with Crippen LogP contribution in [0.15, 0.2) is 24.3 Å². The summed E-state index contributed by atoms with van der Waals surface area (Å²) < 4.78 is 10.7. The van der Waals surface area contributed by atoms with Crippen molar-refractivity contribution in [2.45, 2.75) is 6.10 Å². The van der Waals surface area contributed by atoms with Crippen LogP contribution < -0.4 is 11.1 Å². The summed E-state index contributed by atoms with van der Waals surface area (Å²) in [5.74, 6) is -0.147. The van der Waals surface area contributed by atoms with Gasteiger partial charge in [-0.15, -0.1) is 12.4 Å². The normalized spacial score (nSPS) is 18.8. The number of ether oxygens (including phenoxy) is 2. The fourth-order valence-electron chi connectivity index (χ4n) is 1.64. The molecule has 1 fully saturated rings. The molecule has 0 bridgehead atoms. The molecule has 5 nitrogen and oxygen atoms in total. The van der Waals surface area contributed by atoms with E-state index in [4.69, 9.17) is 15.2 Å². The SMILES string of the molecule is Cl.Nc1cccc(C(=O)NCC2COCCO2)c1. The standard InChI is InChI=1S/C12H16N2O3.ClH/c13-10-3-1-2-9(6-10)12(15)14-7-11-8-16-4-5-17-11;/h1-3,6,11H,4-5,7-8,13H2,(H,14,15);1H. The van der Waals surface area contributed by atoms with Crippen molar-refractivity contribution in [2.24, 2.45) is 0 Å². The van der Waals surface area contributed by atoms with Gasteiger partial charge in [-0.25, -0.2) is 0 Å². The van der Waals surface area contributed by atoms with E-state index in [9.17, 15) is 4.79 Å². The van der Waals surface area contributed by atoms with E-state index in [2.05, 4.69) is 5.32 Å². The van der Waals surface area contributed by atoms with Crippen LogP contribution in [0.5, 0.6) is 0 Å². The van der Waals surface area contributed by atoms with Gasteiger partial charge in [-0.05, 0) is 18.2 Å². The highest BCUT2D eigenvalue weighted by Gasteiger charge is 2.15. The lowest BCUT2D eigenvalue weighted by Gasteiger charge is -2.23. The largest absolute Gasteiger partial charge is 0.399 e. The van der Waals surface area contributed by atoms with Gasteiger partial charge in [0.05, 0.1) is 25.9 Å². The first-order valence-corrected chi connectivity index (χ1v) is 5.59. The lowest BCUT2D eigenvalue weighted by Crippen LogP contribution is -2.39. The van der Waals surface area contributed by atoms with Crippen LogP contribution in [-0.4, -0.2) is 38.4 Å². The average Bonchev–Trinajstić information content (AvgIpc) is 2.37. The van der Waals surface area contributed by atoms with Crippen LogP contribution in [-0.2, 0) is 9.47 Å². The van der Waals surface area contributed by atoms with E-state index in [0.29, 0.717) is 37.6 Å². The second-order valence-electron chi connectivity index (χ2n) is 3.90. The molecule has 6 heteroatoms. The second-order valence-corrected chi connectivity index (χ2v) is 3.90. The Balaban J connectivity index is 0.00000162. The van der Waals surface area contributed by atoms with E-state index in [0.717, 1.165) is 0 Å². The van der Waals surface area contributed by atoms with Crippen LogP contribution in [0.3, 0.4) is 0 Å².